The number of halogens is 1. The highest BCUT2D eigenvalue weighted by molar-refractivity contribution is 6.31. The molecular formula is C19H24ClN. The summed E-state index contributed by atoms with van der Waals surface area (Å²) in [7, 11) is 0. The Bertz CT molecular complexity index is 578. The zero-order chi connectivity index (χ0) is 15.2. The van der Waals surface area contributed by atoms with Crippen molar-refractivity contribution in [1.29, 1.82) is 0 Å². The summed E-state index contributed by atoms with van der Waals surface area (Å²) in [4.78, 5) is 0. The third-order valence-corrected chi connectivity index (χ3v) is 4.24. The normalized spacial score (nSPS) is 12.4. The van der Waals surface area contributed by atoms with E-state index in [1.807, 2.05) is 0 Å². The van der Waals surface area contributed by atoms with Crippen LogP contribution in [0.4, 0.5) is 0 Å². The highest BCUT2D eigenvalue weighted by Crippen LogP contribution is 2.28. The van der Waals surface area contributed by atoms with Crippen molar-refractivity contribution in [3.63, 3.8) is 0 Å². The summed E-state index contributed by atoms with van der Waals surface area (Å²) in [5.41, 5.74) is 5.08. The quantitative estimate of drug-likeness (QED) is 0.769. The lowest BCUT2D eigenvalue weighted by atomic mass is 9.95. The van der Waals surface area contributed by atoms with Crippen LogP contribution in [0.15, 0.2) is 42.5 Å². The Kier molecular flexibility index (Phi) is 5.84. The maximum Gasteiger partial charge on any atom is 0.0456 e. The summed E-state index contributed by atoms with van der Waals surface area (Å²) in [5, 5.41) is 4.50. The van der Waals surface area contributed by atoms with Crippen LogP contribution in [0.3, 0.4) is 0 Å². The van der Waals surface area contributed by atoms with Gasteiger partial charge in [-0.2, -0.15) is 0 Å². The lowest BCUT2D eigenvalue weighted by Gasteiger charge is -2.21. The Hall–Kier alpha value is -1.31. The van der Waals surface area contributed by atoms with Gasteiger partial charge in [-0.05, 0) is 61.6 Å². The zero-order valence-electron chi connectivity index (χ0n) is 13.1. The Balaban J connectivity index is 2.29. The van der Waals surface area contributed by atoms with Crippen molar-refractivity contribution >= 4 is 11.6 Å². The van der Waals surface area contributed by atoms with Crippen LogP contribution >= 0.6 is 11.6 Å². The molecule has 0 fully saturated rings. The molecular weight excluding hydrogens is 278 g/mol. The predicted molar refractivity (Wildman–Crippen MR) is 92.1 cm³/mol. The van der Waals surface area contributed by atoms with E-state index in [1.54, 1.807) is 0 Å². The Morgan fingerprint density at radius 2 is 1.71 bits per heavy atom. The van der Waals surface area contributed by atoms with E-state index in [4.69, 9.17) is 11.6 Å². The average Bonchev–Trinajstić information content (AvgIpc) is 2.48. The van der Waals surface area contributed by atoms with E-state index in [-0.39, 0.29) is 6.04 Å². The lowest BCUT2D eigenvalue weighted by molar-refractivity contribution is 0.529. The van der Waals surface area contributed by atoms with Gasteiger partial charge < -0.3 is 5.32 Å². The van der Waals surface area contributed by atoms with Gasteiger partial charge in [-0.1, -0.05) is 54.9 Å². The van der Waals surface area contributed by atoms with Crippen molar-refractivity contribution in [2.45, 2.75) is 39.7 Å². The molecule has 2 rings (SSSR count). The molecule has 0 aliphatic heterocycles. The van der Waals surface area contributed by atoms with E-state index >= 15 is 0 Å². The minimum absolute atomic E-state index is 0.263. The maximum atomic E-state index is 6.50. The molecule has 0 spiro atoms. The first-order chi connectivity index (χ1) is 10.1. The van der Waals surface area contributed by atoms with Crippen molar-refractivity contribution in [1.82, 2.24) is 5.32 Å². The molecule has 1 atom stereocenters. The third kappa shape index (κ3) is 4.33. The Morgan fingerprint density at radius 3 is 2.38 bits per heavy atom. The lowest BCUT2D eigenvalue weighted by Crippen LogP contribution is -2.24. The summed E-state index contributed by atoms with van der Waals surface area (Å²) in [6.07, 6.45) is 2.08. The Morgan fingerprint density at radius 1 is 1.05 bits per heavy atom. The number of hydrogen-bond acceptors (Lipinski definition) is 1. The first-order valence-corrected chi connectivity index (χ1v) is 8.03. The molecule has 0 radical (unpaired) electrons. The molecule has 112 valence electrons. The van der Waals surface area contributed by atoms with Crippen molar-refractivity contribution in [3.8, 4) is 0 Å². The van der Waals surface area contributed by atoms with E-state index in [0.717, 1.165) is 24.4 Å². The number of benzene rings is 2. The van der Waals surface area contributed by atoms with E-state index < -0.39 is 0 Å². The van der Waals surface area contributed by atoms with Gasteiger partial charge >= 0.3 is 0 Å². The summed E-state index contributed by atoms with van der Waals surface area (Å²) >= 11 is 6.50. The van der Waals surface area contributed by atoms with Gasteiger partial charge in [0.05, 0.1) is 0 Å². The first-order valence-electron chi connectivity index (χ1n) is 7.65. The van der Waals surface area contributed by atoms with E-state index in [1.165, 1.54) is 22.3 Å². The fourth-order valence-corrected chi connectivity index (χ4v) is 2.88. The van der Waals surface area contributed by atoms with Crippen LogP contribution < -0.4 is 5.32 Å². The summed E-state index contributed by atoms with van der Waals surface area (Å²) in [6.45, 7) is 7.44. The number of nitrogens with one attached hydrogen (secondary N) is 1. The van der Waals surface area contributed by atoms with Gasteiger partial charge in [0.2, 0.25) is 0 Å². The molecule has 0 aromatic heterocycles. The molecule has 0 amide bonds. The minimum atomic E-state index is 0.263. The van der Waals surface area contributed by atoms with Gasteiger partial charge in [0, 0.05) is 11.1 Å². The van der Waals surface area contributed by atoms with Gasteiger partial charge in [0.15, 0.2) is 0 Å². The highest BCUT2D eigenvalue weighted by atomic mass is 35.5. The van der Waals surface area contributed by atoms with Gasteiger partial charge in [0.25, 0.3) is 0 Å². The number of aryl methyl sites for hydroxylation is 2. The third-order valence-electron chi connectivity index (χ3n) is 3.91. The maximum absolute atomic E-state index is 6.50. The van der Waals surface area contributed by atoms with Crippen molar-refractivity contribution < 1.29 is 0 Å². The Labute approximate surface area is 133 Å². The average molecular weight is 302 g/mol. The molecule has 0 saturated heterocycles. The smallest absolute Gasteiger partial charge is 0.0456 e. The molecule has 0 bridgehead atoms. The summed E-state index contributed by atoms with van der Waals surface area (Å²) in [6, 6.07) is 15.2. The number of hydrogen-bond donors (Lipinski definition) is 1. The van der Waals surface area contributed by atoms with Crippen LogP contribution in [0, 0.1) is 13.8 Å². The number of rotatable bonds is 6. The van der Waals surface area contributed by atoms with Crippen LogP contribution in [0.2, 0.25) is 5.02 Å². The zero-order valence-corrected chi connectivity index (χ0v) is 13.9. The fourth-order valence-electron chi connectivity index (χ4n) is 2.53. The van der Waals surface area contributed by atoms with Crippen molar-refractivity contribution in [2.75, 3.05) is 6.54 Å². The summed E-state index contributed by atoms with van der Waals surface area (Å²) < 4.78 is 0. The summed E-state index contributed by atoms with van der Waals surface area (Å²) in [5.74, 6) is 0. The van der Waals surface area contributed by atoms with E-state index in [2.05, 4.69) is 68.6 Å². The van der Waals surface area contributed by atoms with Crippen LogP contribution in [0.25, 0.3) is 0 Å². The molecule has 0 aliphatic rings. The molecule has 1 N–H and O–H groups in total. The largest absolute Gasteiger partial charge is 0.310 e. The molecule has 2 heteroatoms. The van der Waals surface area contributed by atoms with Gasteiger partial charge in [0.1, 0.15) is 0 Å². The minimum Gasteiger partial charge on any atom is -0.310 e. The second-order valence-electron chi connectivity index (χ2n) is 5.65. The monoisotopic (exact) mass is 301 g/mol. The van der Waals surface area contributed by atoms with Gasteiger partial charge in [-0.15, -0.1) is 0 Å². The molecule has 0 saturated carbocycles. The van der Waals surface area contributed by atoms with Gasteiger partial charge in [-0.25, -0.2) is 0 Å². The highest BCUT2D eigenvalue weighted by Gasteiger charge is 2.16. The van der Waals surface area contributed by atoms with Crippen LogP contribution in [-0.4, -0.2) is 6.54 Å². The first kappa shape index (κ1) is 16.1. The van der Waals surface area contributed by atoms with E-state index in [0.29, 0.717) is 0 Å². The molecule has 1 unspecified atom stereocenters. The van der Waals surface area contributed by atoms with Crippen molar-refractivity contribution in [3.05, 3.63) is 69.7 Å². The van der Waals surface area contributed by atoms with Crippen molar-refractivity contribution in [2.24, 2.45) is 0 Å². The predicted octanol–water partition coefficient (Wildman–Crippen LogP) is 5.24. The SMILES string of the molecule is CCCNC(Cc1ccccc1)c1cc(C)c(C)cc1Cl. The molecule has 2 aromatic carbocycles. The van der Waals surface area contributed by atoms with Crippen LogP contribution in [0.5, 0.6) is 0 Å². The second kappa shape index (κ2) is 7.63. The molecule has 21 heavy (non-hydrogen) atoms. The van der Waals surface area contributed by atoms with Crippen LogP contribution in [0.1, 0.15) is 41.6 Å². The van der Waals surface area contributed by atoms with E-state index in [9.17, 15) is 0 Å². The molecule has 1 nitrogen and oxygen atoms in total. The molecule has 0 aliphatic carbocycles. The standard InChI is InChI=1S/C19H24ClN/c1-4-10-21-19(13-16-8-6-5-7-9-16)17-11-14(2)15(3)12-18(17)20/h5-9,11-12,19,21H,4,10,13H2,1-3H3. The molecule has 2 aromatic rings. The topological polar surface area (TPSA) is 12.0 Å². The fraction of sp³-hybridized carbons (Fsp3) is 0.368. The van der Waals surface area contributed by atoms with Gasteiger partial charge in [-0.3, -0.25) is 0 Å². The second-order valence-corrected chi connectivity index (χ2v) is 6.06. The van der Waals surface area contributed by atoms with Crippen LogP contribution in [-0.2, 0) is 6.42 Å². The molecule has 0 heterocycles.